The molecule has 0 saturated carbocycles. The van der Waals surface area contributed by atoms with Crippen molar-refractivity contribution in [3.63, 3.8) is 0 Å². The first-order chi connectivity index (χ1) is 8.63. The highest BCUT2D eigenvalue weighted by atomic mass is 16.4. The Hall–Kier alpha value is -2.84. The largest absolute Gasteiger partial charge is 0.409 e. The fraction of sp³-hybridized carbons (Fsp3) is 0.111. The lowest BCUT2D eigenvalue weighted by Crippen LogP contribution is -2.18. The Labute approximate surface area is 101 Å². The Kier molecular flexibility index (Phi) is 2.96. The highest BCUT2D eigenvalue weighted by molar-refractivity contribution is 6.09. The topological polar surface area (TPSA) is 145 Å². The molecule has 94 valence electrons. The number of carbonyl (C=O) groups is 1. The Bertz CT molecular complexity index is 598. The second-order valence-electron chi connectivity index (χ2n) is 3.51. The summed E-state index contributed by atoms with van der Waals surface area (Å²) in [7, 11) is 0. The smallest absolute Gasteiger partial charge is 0.260 e. The molecular formula is C9H11N7O2. The van der Waals surface area contributed by atoms with Crippen molar-refractivity contribution in [3.8, 4) is 0 Å². The van der Waals surface area contributed by atoms with Gasteiger partial charge in [0.1, 0.15) is 5.82 Å². The molecule has 9 heteroatoms. The summed E-state index contributed by atoms with van der Waals surface area (Å²) < 4.78 is 0. The summed E-state index contributed by atoms with van der Waals surface area (Å²) in [5, 5.41) is 26.7. The summed E-state index contributed by atoms with van der Waals surface area (Å²) in [4.78, 5) is 11.9. The fourth-order valence-electron chi connectivity index (χ4n) is 1.39. The molecule has 0 saturated heterocycles. The van der Waals surface area contributed by atoms with Crippen molar-refractivity contribution < 1.29 is 10.0 Å². The predicted octanol–water partition coefficient (Wildman–Crippen LogP) is -0.212. The zero-order valence-electron chi connectivity index (χ0n) is 9.43. The number of aromatic nitrogens is 4. The number of amidine groups is 1. The molecule has 0 fully saturated rings. The molecule has 2 rings (SSSR count). The Balaban J connectivity index is 2.23. The summed E-state index contributed by atoms with van der Waals surface area (Å²) in [6, 6.07) is 0. The zero-order valence-corrected chi connectivity index (χ0v) is 9.43. The molecule has 0 spiro atoms. The van der Waals surface area contributed by atoms with Crippen LogP contribution < -0.4 is 11.1 Å². The number of H-pyrrole nitrogens is 2. The molecule has 2 heterocycles. The van der Waals surface area contributed by atoms with Crippen molar-refractivity contribution >= 4 is 17.6 Å². The van der Waals surface area contributed by atoms with Gasteiger partial charge in [0.2, 0.25) is 0 Å². The molecule has 6 N–H and O–H groups in total. The number of anilines is 1. The number of rotatable bonds is 3. The van der Waals surface area contributed by atoms with Crippen molar-refractivity contribution in [2.75, 3.05) is 5.32 Å². The van der Waals surface area contributed by atoms with Crippen molar-refractivity contribution in [2.24, 2.45) is 10.9 Å². The van der Waals surface area contributed by atoms with Crippen molar-refractivity contribution in [2.45, 2.75) is 6.92 Å². The second-order valence-corrected chi connectivity index (χ2v) is 3.51. The number of oxime groups is 1. The summed E-state index contributed by atoms with van der Waals surface area (Å²) in [6.45, 7) is 1.72. The van der Waals surface area contributed by atoms with Crippen molar-refractivity contribution in [1.82, 2.24) is 20.4 Å². The van der Waals surface area contributed by atoms with E-state index in [0.29, 0.717) is 16.8 Å². The van der Waals surface area contributed by atoms with Crippen LogP contribution in [0.25, 0.3) is 0 Å². The normalized spacial score (nSPS) is 11.5. The minimum atomic E-state index is -0.377. The average molecular weight is 249 g/mol. The van der Waals surface area contributed by atoms with Gasteiger partial charge in [0.15, 0.2) is 5.84 Å². The number of nitrogens with zero attached hydrogens (tertiary/aromatic N) is 3. The van der Waals surface area contributed by atoms with Crippen LogP contribution in [0.1, 0.15) is 21.6 Å². The van der Waals surface area contributed by atoms with Gasteiger partial charge in [-0.25, -0.2) is 0 Å². The zero-order chi connectivity index (χ0) is 13.1. The van der Waals surface area contributed by atoms with Gasteiger partial charge in [-0.15, -0.1) is 0 Å². The maximum Gasteiger partial charge on any atom is 0.260 e. The molecule has 0 radical (unpaired) electrons. The molecule has 2 aromatic rings. The lowest BCUT2D eigenvalue weighted by atomic mass is 10.2. The van der Waals surface area contributed by atoms with Crippen LogP contribution in [0.3, 0.4) is 0 Å². The van der Waals surface area contributed by atoms with Gasteiger partial charge in [0, 0.05) is 5.69 Å². The molecule has 2 aromatic heterocycles. The number of nitrogens with two attached hydrogens (primary N) is 1. The summed E-state index contributed by atoms with van der Waals surface area (Å²) in [6.07, 6.45) is 2.75. The molecule has 0 unspecified atom stereocenters. The number of hydrogen-bond donors (Lipinski definition) is 5. The number of aromatic amines is 2. The van der Waals surface area contributed by atoms with E-state index in [1.165, 1.54) is 12.4 Å². The number of carbonyl (C=O) groups excluding carboxylic acids is 1. The molecule has 0 aliphatic rings. The fourth-order valence-corrected chi connectivity index (χ4v) is 1.39. The van der Waals surface area contributed by atoms with E-state index in [2.05, 4.69) is 30.9 Å². The van der Waals surface area contributed by atoms with Crippen LogP contribution >= 0.6 is 0 Å². The monoisotopic (exact) mass is 249 g/mol. The number of amides is 1. The predicted molar refractivity (Wildman–Crippen MR) is 62.4 cm³/mol. The first-order valence-corrected chi connectivity index (χ1v) is 4.96. The molecule has 0 atom stereocenters. The van der Waals surface area contributed by atoms with Gasteiger partial charge in [-0.05, 0) is 6.92 Å². The van der Waals surface area contributed by atoms with Crippen molar-refractivity contribution in [3.05, 3.63) is 29.2 Å². The van der Waals surface area contributed by atoms with Gasteiger partial charge in [-0.3, -0.25) is 15.0 Å². The third-order valence-corrected chi connectivity index (χ3v) is 2.34. The van der Waals surface area contributed by atoms with Gasteiger partial charge in [0.25, 0.3) is 5.91 Å². The van der Waals surface area contributed by atoms with Crippen LogP contribution in [0.4, 0.5) is 5.82 Å². The van der Waals surface area contributed by atoms with Crippen LogP contribution in [-0.4, -0.2) is 37.3 Å². The minimum absolute atomic E-state index is 0.150. The van der Waals surface area contributed by atoms with E-state index in [0.717, 1.165) is 0 Å². The second kappa shape index (κ2) is 4.57. The van der Waals surface area contributed by atoms with Crippen LogP contribution in [-0.2, 0) is 0 Å². The number of nitrogens with one attached hydrogen (secondary N) is 3. The number of aryl methyl sites for hydroxylation is 1. The van der Waals surface area contributed by atoms with E-state index in [1.807, 2.05) is 0 Å². The molecule has 0 aromatic carbocycles. The van der Waals surface area contributed by atoms with Gasteiger partial charge in [-0.2, -0.15) is 10.2 Å². The van der Waals surface area contributed by atoms with E-state index in [4.69, 9.17) is 10.9 Å². The van der Waals surface area contributed by atoms with Crippen LogP contribution in [0.5, 0.6) is 0 Å². The molecule has 0 aliphatic carbocycles. The summed E-state index contributed by atoms with van der Waals surface area (Å²) >= 11 is 0. The first-order valence-electron chi connectivity index (χ1n) is 4.96. The molecule has 18 heavy (non-hydrogen) atoms. The average Bonchev–Trinajstić information content (AvgIpc) is 2.97. The standard InChI is InChI=1S/C9H11N7O2/c1-4-5(2-11-14-4)9(17)13-8-6(3-12-15-8)7(10)16-18/h2-3,18H,1H3,(H2,10,16)(H,11,14)(H2,12,13,15,17). The van der Waals surface area contributed by atoms with Crippen LogP contribution in [0.2, 0.25) is 0 Å². The van der Waals surface area contributed by atoms with Crippen molar-refractivity contribution in [1.29, 1.82) is 0 Å². The summed E-state index contributed by atoms with van der Waals surface area (Å²) in [5.41, 5.74) is 6.77. The Morgan fingerprint density at radius 3 is 2.67 bits per heavy atom. The van der Waals surface area contributed by atoms with E-state index in [-0.39, 0.29) is 17.6 Å². The lowest BCUT2D eigenvalue weighted by Gasteiger charge is -2.03. The molecule has 1 amide bonds. The Morgan fingerprint density at radius 2 is 2.06 bits per heavy atom. The summed E-state index contributed by atoms with van der Waals surface area (Å²) in [5.74, 6) is -0.281. The highest BCUT2D eigenvalue weighted by Gasteiger charge is 2.15. The first kappa shape index (κ1) is 11.6. The van der Waals surface area contributed by atoms with E-state index < -0.39 is 0 Å². The lowest BCUT2D eigenvalue weighted by molar-refractivity contribution is 0.102. The van der Waals surface area contributed by atoms with Gasteiger partial charge in [-0.1, -0.05) is 5.16 Å². The quantitative estimate of drug-likeness (QED) is 0.221. The third-order valence-electron chi connectivity index (χ3n) is 2.34. The molecule has 9 nitrogen and oxygen atoms in total. The number of hydrogen-bond acceptors (Lipinski definition) is 5. The maximum atomic E-state index is 11.9. The SMILES string of the molecule is Cc1[nH]ncc1C(=O)Nc1[nH]ncc1C(N)=NO. The Morgan fingerprint density at radius 1 is 1.39 bits per heavy atom. The van der Waals surface area contributed by atoms with Gasteiger partial charge < -0.3 is 16.3 Å². The van der Waals surface area contributed by atoms with Gasteiger partial charge >= 0.3 is 0 Å². The van der Waals surface area contributed by atoms with E-state index >= 15 is 0 Å². The van der Waals surface area contributed by atoms with E-state index in [1.54, 1.807) is 6.92 Å². The molecular weight excluding hydrogens is 238 g/mol. The van der Waals surface area contributed by atoms with Crippen LogP contribution in [0, 0.1) is 6.92 Å². The highest BCUT2D eigenvalue weighted by Crippen LogP contribution is 2.13. The van der Waals surface area contributed by atoms with Gasteiger partial charge in [0.05, 0.1) is 23.5 Å². The van der Waals surface area contributed by atoms with E-state index in [9.17, 15) is 4.79 Å². The minimum Gasteiger partial charge on any atom is -0.409 e. The molecule has 0 bridgehead atoms. The molecule has 0 aliphatic heterocycles. The third kappa shape index (κ3) is 2.00. The maximum absolute atomic E-state index is 11.9. The van der Waals surface area contributed by atoms with Crippen LogP contribution in [0.15, 0.2) is 17.5 Å².